The Labute approximate surface area is 169 Å². The SMILES string of the molecule is Cc1cccc(OC2CCCC(C(C)CN(C)Cc3ccc(Cl)cc3)C2)c1. The van der Waals surface area contributed by atoms with E-state index in [1.165, 1.54) is 36.8 Å². The van der Waals surface area contributed by atoms with Gasteiger partial charge in [-0.3, -0.25) is 0 Å². The minimum atomic E-state index is 0.356. The van der Waals surface area contributed by atoms with E-state index in [-0.39, 0.29) is 0 Å². The molecule has 3 unspecified atom stereocenters. The molecule has 0 aromatic heterocycles. The topological polar surface area (TPSA) is 12.5 Å². The lowest BCUT2D eigenvalue weighted by molar-refractivity contribution is 0.0913. The highest BCUT2D eigenvalue weighted by molar-refractivity contribution is 6.30. The molecule has 1 aliphatic carbocycles. The van der Waals surface area contributed by atoms with E-state index in [9.17, 15) is 0 Å². The second-order valence-corrected chi connectivity index (χ2v) is 8.72. The number of nitrogens with zero attached hydrogens (tertiary/aromatic N) is 1. The molecule has 0 radical (unpaired) electrons. The normalized spacial score (nSPS) is 21.2. The Balaban J connectivity index is 1.50. The fourth-order valence-corrected chi connectivity index (χ4v) is 4.42. The lowest BCUT2D eigenvalue weighted by Gasteiger charge is -2.35. The summed E-state index contributed by atoms with van der Waals surface area (Å²) in [6, 6.07) is 16.6. The number of ether oxygens (including phenoxy) is 1. The highest BCUT2D eigenvalue weighted by Crippen LogP contribution is 2.33. The lowest BCUT2D eigenvalue weighted by atomic mass is 9.79. The van der Waals surface area contributed by atoms with Gasteiger partial charge in [0.25, 0.3) is 0 Å². The Hall–Kier alpha value is -1.51. The minimum absolute atomic E-state index is 0.356. The minimum Gasteiger partial charge on any atom is -0.490 e. The van der Waals surface area contributed by atoms with Crippen LogP contribution in [-0.2, 0) is 6.54 Å². The molecule has 3 heteroatoms. The van der Waals surface area contributed by atoms with Gasteiger partial charge < -0.3 is 9.64 Å². The molecule has 3 atom stereocenters. The molecular formula is C24H32ClNO. The molecule has 1 aliphatic rings. The molecule has 27 heavy (non-hydrogen) atoms. The van der Waals surface area contributed by atoms with Gasteiger partial charge in [-0.2, -0.15) is 0 Å². The fraction of sp³-hybridized carbons (Fsp3) is 0.500. The van der Waals surface area contributed by atoms with Crippen molar-refractivity contribution in [2.45, 2.75) is 52.2 Å². The van der Waals surface area contributed by atoms with Gasteiger partial charge in [-0.15, -0.1) is 0 Å². The Kier molecular flexibility index (Phi) is 7.20. The largest absolute Gasteiger partial charge is 0.490 e. The van der Waals surface area contributed by atoms with Crippen molar-refractivity contribution in [3.05, 3.63) is 64.7 Å². The average molecular weight is 386 g/mol. The van der Waals surface area contributed by atoms with Crippen molar-refractivity contribution in [2.75, 3.05) is 13.6 Å². The first kappa shape index (κ1) is 20.2. The van der Waals surface area contributed by atoms with Crippen LogP contribution in [0.3, 0.4) is 0 Å². The summed E-state index contributed by atoms with van der Waals surface area (Å²) < 4.78 is 6.30. The van der Waals surface area contributed by atoms with Crippen LogP contribution in [0, 0.1) is 18.8 Å². The molecule has 0 saturated heterocycles. The summed E-state index contributed by atoms with van der Waals surface area (Å²) in [5, 5.41) is 0.802. The van der Waals surface area contributed by atoms with Crippen molar-refractivity contribution in [1.82, 2.24) is 4.90 Å². The third-order valence-corrected chi connectivity index (χ3v) is 5.98. The summed E-state index contributed by atoms with van der Waals surface area (Å²) in [6.45, 7) is 6.61. The zero-order chi connectivity index (χ0) is 19.2. The van der Waals surface area contributed by atoms with Crippen LogP contribution in [0.25, 0.3) is 0 Å². The summed E-state index contributed by atoms with van der Waals surface area (Å²) in [5.41, 5.74) is 2.58. The van der Waals surface area contributed by atoms with Crippen LogP contribution in [0.4, 0.5) is 0 Å². The second kappa shape index (κ2) is 9.61. The van der Waals surface area contributed by atoms with Crippen LogP contribution in [-0.4, -0.2) is 24.6 Å². The Morgan fingerprint density at radius 1 is 1.15 bits per heavy atom. The summed E-state index contributed by atoms with van der Waals surface area (Å²) in [5.74, 6) is 2.43. The van der Waals surface area contributed by atoms with E-state index in [0.717, 1.165) is 29.8 Å². The monoisotopic (exact) mass is 385 g/mol. The van der Waals surface area contributed by atoms with E-state index in [1.807, 2.05) is 12.1 Å². The average Bonchev–Trinajstić information content (AvgIpc) is 2.64. The molecule has 0 bridgehead atoms. The Bertz CT molecular complexity index is 715. The van der Waals surface area contributed by atoms with Gasteiger partial charge in [0.15, 0.2) is 0 Å². The molecule has 1 fully saturated rings. The number of halogens is 1. The first-order valence-corrected chi connectivity index (χ1v) is 10.5. The van der Waals surface area contributed by atoms with Crippen LogP contribution >= 0.6 is 11.6 Å². The van der Waals surface area contributed by atoms with Crippen LogP contribution in [0.2, 0.25) is 5.02 Å². The van der Waals surface area contributed by atoms with Crippen molar-refractivity contribution in [2.24, 2.45) is 11.8 Å². The predicted molar refractivity (Wildman–Crippen MR) is 115 cm³/mol. The third-order valence-electron chi connectivity index (χ3n) is 5.73. The smallest absolute Gasteiger partial charge is 0.119 e. The lowest BCUT2D eigenvalue weighted by Crippen LogP contribution is -2.33. The van der Waals surface area contributed by atoms with E-state index < -0.39 is 0 Å². The second-order valence-electron chi connectivity index (χ2n) is 8.28. The molecule has 2 aromatic rings. The van der Waals surface area contributed by atoms with Gasteiger partial charge in [-0.05, 0) is 86.9 Å². The van der Waals surface area contributed by atoms with Gasteiger partial charge in [-0.25, -0.2) is 0 Å². The Morgan fingerprint density at radius 2 is 1.93 bits per heavy atom. The van der Waals surface area contributed by atoms with E-state index in [2.05, 4.69) is 62.2 Å². The zero-order valence-corrected chi connectivity index (χ0v) is 17.6. The first-order valence-electron chi connectivity index (χ1n) is 10.2. The standard InChI is InChI=1S/C24H32ClNO/c1-18-6-4-8-23(14-18)27-24-9-5-7-21(15-24)19(2)16-26(3)17-20-10-12-22(25)13-11-20/h4,6,8,10-14,19,21,24H,5,7,9,15-17H2,1-3H3. The van der Waals surface area contributed by atoms with Gasteiger partial charge in [0.2, 0.25) is 0 Å². The van der Waals surface area contributed by atoms with Gasteiger partial charge in [0, 0.05) is 18.1 Å². The maximum absolute atomic E-state index is 6.30. The molecule has 0 aliphatic heterocycles. The van der Waals surface area contributed by atoms with Crippen LogP contribution in [0.5, 0.6) is 5.75 Å². The third kappa shape index (κ3) is 6.26. The molecular weight excluding hydrogens is 354 g/mol. The molecule has 146 valence electrons. The molecule has 0 N–H and O–H groups in total. The number of aryl methyl sites for hydroxylation is 1. The maximum Gasteiger partial charge on any atom is 0.119 e. The van der Waals surface area contributed by atoms with Crippen molar-refractivity contribution < 1.29 is 4.74 Å². The van der Waals surface area contributed by atoms with Crippen LogP contribution in [0.1, 0.15) is 43.7 Å². The van der Waals surface area contributed by atoms with E-state index in [4.69, 9.17) is 16.3 Å². The molecule has 0 heterocycles. The molecule has 1 saturated carbocycles. The zero-order valence-electron chi connectivity index (χ0n) is 16.8. The van der Waals surface area contributed by atoms with Crippen molar-refractivity contribution in [3.63, 3.8) is 0 Å². The van der Waals surface area contributed by atoms with Gasteiger partial charge in [0.05, 0.1) is 6.10 Å². The highest BCUT2D eigenvalue weighted by Gasteiger charge is 2.28. The number of hydrogen-bond donors (Lipinski definition) is 0. The molecule has 3 rings (SSSR count). The summed E-state index contributed by atoms with van der Waals surface area (Å²) in [7, 11) is 2.22. The van der Waals surface area contributed by atoms with Crippen LogP contribution < -0.4 is 4.74 Å². The summed E-state index contributed by atoms with van der Waals surface area (Å²) >= 11 is 5.99. The molecule has 2 nitrogen and oxygen atoms in total. The molecule has 0 amide bonds. The summed E-state index contributed by atoms with van der Waals surface area (Å²) in [6.07, 6.45) is 5.30. The predicted octanol–water partition coefficient (Wildman–Crippen LogP) is 6.35. The first-order chi connectivity index (χ1) is 13.0. The quantitative estimate of drug-likeness (QED) is 0.550. The molecule has 0 spiro atoms. The number of hydrogen-bond acceptors (Lipinski definition) is 2. The number of benzene rings is 2. The van der Waals surface area contributed by atoms with E-state index in [0.29, 0.717) is 12.0 Å². The highest BCUT2D eigenvalue weighted by atomic mass is 35.5. The molecule has 2 aromatic carbocycles. The summed E-state index contributed by atoms with van der Waals surface area (Å²) in [4.78, 5) is 2.43. The maximum atomic E-state index is 6.30. The number of rotatable bonds is 7. The van der Waals surface area contributed by atoms with E-state index >= 15 is 0 Å². The van der Waals surface area contributed by atoms with E-state index in [1.54, 1.807) is 0 Å². The van der Waals surface area contributed by atoms with Crippen LogP contribution in [0.15, 0.2) is 48.5 Å². The van der Waals surface area contributed by atoms with Crippen molar-refractivity contribution in [1.29, 1.82) is 0 Å². The van der Waals surface area contributed by atoms with Gasteiger partial charge in [0.1, 0.15) is 5.75 Å². The Morgan fingerprint density at radius 3 is 2.67 bits per heavy atom. The van der Waals surface area contributed by atoms with Crippen molar-refractivity contribution >= 4 is 11.6 Å². The van der Waals surface area contributed by atoms with Gasteiger partial charge >= 0.3 is 0 Å². The van der Waals surface area contributed by atoms with Gasteiger partial charge in [-0.1, -0.05) is 42.8 Å². The fourth-order valence-electron chi connectivity index (χ4n) is 4.29. The van der Waals surface area contributed by atoms with Crippen molar-refractivity contribution in [3.8, 4) is 5.75 Å².